The number of carbonyl (C=O) groups excluding carboxylic acids is 1. The molecule has 1 unspecified atom stereocenters. The van der Waals surface area contributed by atoms with E-state index in [4.69, 9.17) is 14.7 Å². The number of hydrogen-bond acceptors (Lipinski definition) is 7. The zero-order chi connectivity index (χ0) is 16.8. The monoisotopic (exact) mass is 341 g/mol. The fraction of sp³-hybridized carbons (Fsp3) is 0.235. The Bertz CT molecular complexity index is 776. The lowest BCUT2D eigenvalue weighted by Crippen LogP contribution is -2.34. The number of benzene rings is 1. The van der Waals surface area contributed by atoms with Gasteiger partial charge in [0.25, 0.3) is 0 Å². The van der Waals surface area contributed by atoms with Crippen LogP contribution in [0.1, 0.15) is 5.56 Å². The van der Waals surface area contributed by atoms with Crippen molar-refractivity contribution in [2.24, 2.45) is 0 Å². The van der Waals surface area contributed by atoms with Gasteiger partial charge >= 0.3 is 5.97 Å². The number of nitriles is 1. The van der Waals surface area contributed by atoms with Crippen LogP contribution >= 0.6 is 11.8 Å². The van der Waals surface area contributed by atoms with E-state index in [2.05, 4.69) is 16.4 Å². The summed E-state index contributed by atoms with van der Waals surface area (Å²) in [5, 5.41) is 12.0. The predicted octanol–water partition coefficient (Wildman–Crippen LogP) is 2.46. The molecule has 0 fully saturated rings. The third-order valence-electron chi connectivity index (χ3n) is 3.34. The van der Waals surface area contributed by atoms with Crippen LogP contribution in [0.15, 0.2) is 47.5 Å². The Morgan fingerprint density at radius 3 is 3.17 bits per heavy atom. The van der Waals surface area contributed by atoms with E-state index < -0.39 is 6.10 Å². The molecule has 1 atom stereocenters. The second-order valence-corrected chi connectivity index (χ2v) is 6.03. The van der Waals surface area contributed by atoms with Crippen molar-refractivity contribution < 1.29 is 14.3 Å². The van der Waals surface area contributed by atoms with Crippen LogP contribution in [0, 0.1) is 11.3 Å². The standard InChI is InChI=1S/C17H15N3O3S/c18-10-12-4-3-7-19-16(12)20-8-9-22-17(21)14-11-24-15-6-2-1-5-13(15)23-14/h1-7,14H,8-9,11H2,(H,19,20). The van der Waals surface area contributed by atoms with Gasteiger partial charge in [0.15, 0.2) is 0 Å². The van der Waals surface area contributed by atoms with Crippen LogP contribution in [-0.4, -0.2) is 36.0 Å². The Hall–Kier alpha value is -2.72. The molecule has 1 aliphatic rings. The van der Waals surface area contributed by atoms with E-state index >= 15 is 0 Å². The molecule has 24 heavy (non-hydrogen) atoms. The zero-order valence-corrected chi connectivity index (χ0v) is 13.6. The molecule has 2 heterocycles. The van der Waals surface area contributed by atoms with Gasteiger partial charge in [0.1, 0.15) is 24.2 Å². The number of para-hydroxylation sites is 1. The second-order valence-electron chi connectivity index (χ2n) is 4.97. The van der Waals surface area contributed by atoms with Gasteiger partial charge in [-0.25, -0.2) is 9.78 Å². The largest absolute Gasteiger partial charge is 0.477 e. The lowest BCUT2D eigenvalue weighted by Gasteiger charge is -2.24. The van der Waals surface area contributed by atoms with Gasteiger partial charge in [-0.1, -0.05) is 12.1 Å². The number of aromatic nitrogens is 1. The number of pyridine rings is 1. The molecule has 0 radical (unpaired) electrons. The summed E-state index contributed by atoms with van der Waals surface area (Å²) < 4.78 is 10.9. The van der Waals surface area contributed by atoms with E-state index in [0.717, 1.165) is 4.90 Å². The number of nitrogens with one attached hydrogen (secondary N) is 1. The maximum atomic E-state index is 12.1. The third-order valence-corrected chi connectivity index (χ3v) is 4.46. The third kappa shape index (κ3) is 3.78. The molecule has 1 N–H and O–H groups in total. The fourth-order valence-electron chi connectivity index (χ4n) is 2.19. The number of esters is 1. The Labute approximate surface area is 143 Å². The number of ether oxygens (including phenoxy) is 2. The van der Waals surface area contributed by atoms with Gasteiger partial charge in [0, 0.05) is 16.8 Å². The van der Waals surface area contributed by atoms with Crippen molar-refractivity contribution in [2.75, 3.05) is 24.2 Å². The number of hydrogen-bond donors (Lipinski definition) is 1. The smallest absolute Gasteiger partial charge is 0.348 e. The Balaban J connectivity index is 1.46. The highest BCUT2D eigenvalue weighted by Gasteiger charge is 2.27. The van der Waals surface area contributed by atoms with Crippen LogP contribution in [0.3, 0.4) is 0 Å². The predicted molar refractivity (Wildman–Crippen MR) is 90.0 cm³/mol. The fourth-order valence-corrected chi connectivity index (χ4v) is 3.15. The van der Waals surface area contributed by atoms with Crippen molar-refractivity contribution in [3.63, 3.8) is 0 Å². The zero-order valence-electron chi connectivity index (χ0n) is 12.8. The summed E-state index contributed by atoms with van der Waals surface area (Å²) in [5.41, 5.74) is 0.451. The van der Waals surface area contributed by atoms with E-state index in [1.165, 1.54) is 0 Å². The normalized spacial score (nSPS) is 15.5. The highest BCUT2D eigenvalue weighted by atomic mass is 32.2. The second kappa shape index (κ2) is 7.70. The van der Waals surface area contributed by atoms with Gasteiger partial charge in [0.2, 0.25) is 6.10 Å². The first-order chi connectivity index (χ1) is 11.8. The molecular formula is C17H15N3O3S. The number of rotatable bonds is 5. The first-order valence-electron chi connectivity index (χ1n) is 7.42. The van der Waals surface area contributed by atoms with Crippen LogP contribution in [0.2, 0.25) is 0 Å². The summed E-state index contributed by atoms with van der Waals surface area (Å²) >= 11 is 1.58. The average Bonchev–Trinajstić information content (AvgIpc) is 2.65. The van der Waals surface area contributed by atoms with E-state index in [1.54, 1.807) is 30.1 Å². The van der Waals surface area contributed by atoms with Crippen molar-refractivity contribution in [1.82, 2.24) is 4.98 Å². The van der Waals surface area contributed by atoms with Crippen LogP contribution in [0.4, 0.5) is 5.82 Å². The molecule has 1 aliphatic heterocycles. The van der Waals surface area contributed by atoms with E-state index in [0.29, 0.717) is 29.4 Å². The van der Waals surface area contributed by atoms with Crippen molar-refractivity contribution in [2.45, 2.75) is 11.0 Å². The molecule has 122 valence electrons. The molecule has 3 rings (SSSR count). The molecule has 0 bridgehead atoms. The quantitative estimate of drug-likeness (QED) is 0.660. The maximum absolute atomic E-state index is 12.1. The molecule has 0 aliphatic carbocycles. The summed E-state index contributed by atoms with van der Waals surface area (Å²) in [4.78, 5) is 17.2. The first-order valence-corrected chi connectivity index (χ1v) is 8.40. The van der Waals surface area contributed by atoms with Gasteiger partial charge < -0.3 is 14.8 Å². The molecule has 1 aromatic carbocycles. The van der Waals surface area contributed by atoms with Crippen LogP contribution in [0.25, 0.3) is 0 Å². The molecule has 0 amide bonds. The summed E-state index contributed by atoms with van der Waals surface area (Å²) in [7, 11) is 0. The number of thioether (sulfide) groups is 1. The van der Waals surface area contributed by atoms with E-state index in [9.17, 15) is 4.79 Å². The number of nitrogens with zero attached hydrogens (tertiary/aromatic N) is 2. The van der Waals surface area contributed by atoms with Gasteiger partial charge in [-0.05, 0) is 24.3 Å². The Morgan fingerprint density at radius 1 is 1.42 bits per heavy atom. The highest BCUT2D eigenvalue weighted by molar-refractivity contribution is 7.99. The van der Waals surface area contributed by atoms with Gasteiger partial charge in [-0.15, -0.1) is 11.8 Å². The molecule has 6 nitrogen and oxygen atoms in total. The maximum Gasteiger partial charge on any atom is 0.348 e. The lowest BCUT2D eigenvalue weighted by molar-refractivity contribution is -0.150. The summed E-state index contributed by atoms with van der Waals surface area (Å²) in [6.07, 6.45) is 0.995. The van der Waals surface area contributed by atoms with Crippen molar-refractivity contribution in [3.05, 3.63) is 48.2 Å². The van der Waals surface area contributed by atoms with Gasteiger partial charge in [0.05, 0.1) is 12.1 Å². The van der Waals surface area contributed by atoms with Crippen molar-refractivity contribution >= 4 is 23.5 Å². The van der Waals surface area contributed by atoms with Crippen molar-refractivity contribution in [1.29, 1.82) is 5.26 Å². The minimum Gasteiger partial charge on any atom is -0.477 e. The Morgan fingerprint density at radius 2 is 2.29 bits per heavy atom. The number of fused-ring (bicyclic) bond motifs is 1. The first kappa shape index (κ1) is 16.1. The Kier molecular flexibility index (Phi) is 5.18. The lowest BCUT2D eigenvalue weighted by atomic mass is 10.3. The molecule has 0 saturated heterocycles. The van der Waals surface area contributed by atoms with Crippen LogP contribution in [-0.2, 0) is 9.53 Å². The van der Waals surface area contributed by atoms with Crippen LogP contribution < -0.4 is 10.1 Å². The molecule has 0 spiro atoms. The van der Waals surface area contributed by atoms with Crippen LogP contribution in [0.5, 0.6) is 5.75 Å². The molecule has 7 heteroatoms. The van der Waals surface area contributed by atoms with E-state index in [1.807, 2.05) is 24.3 Å². The van der Waals surface area contributed by atoms with E-state index in [-0.39, 0.29) is 12.6 Å². The average molecular weight is 341 g/mol. The van der Waals surface area contributed by atoms with Crippen molar-refractivity contribution in [3.8, 4) is 11.8 Å². The molecular weight excluding hydrogens is 326 g/mol. The molecule has 2 aromatic rings. The minimum absolute atomic E-state index is 0.173. The topological polar surface area (TPSA) is 84.2 Å². The SMILES string of the molecule is N#Cc1cccnc1NCCOC(=O)C1CSc2ccccc2O1. The highest BCUT2D eigenvalue weighted by Crippen LogP contribution is 2.35. The minimum atomic E-state index is -0.602. The summed E-state index contributed by atoms with van der Waals surface area (Å²) in [5.74, 6) is 1.33. The summed E-state index contributed by atoms with van der Waals surface area (Å²) in [6, 6.07) is 13.0. The summed E-state index contributed by atoms with van der Waals surface area (Å²) in [6.45, 7) is 0.542. The number of carbonyl (C=O) groups is 1. The van der Waals surface area contributed by atoms with Gasteiger partial charge in [-0.2, -0.15) is 5.26 Å². The molecule has 0 saturated carbocycles. The molecule has 1 aromatic heterocycles. The van der Waals surface area contributed by atoms with Gasteiger partial charge in [-0.3, -0.25) is 0 Å². The number of anilines is 1.